The molecule has 15 heavy (non-hydrogen) atoms. The molecule has 0 radical (unpaired) electrons. The molecule has 1 aliphatic heterocycles. The zero-order chi connectivity index (χ0) is 11.4. The van der Waals surface area contributed by atoms with Gasteiger partial charge in [0.15, 0.2) is 0 Å². The van der Waals surface area contributed by atoms with E-state index >= 15 is 0 Å². The molecule has 0 aromatic heterocycles. The number of carboxylic acids is 1. The second kappa shape index (κ2) is 5.47. The lowest BCUT2D eigenvalue weighted by atomic mass is 9.93. The van der Waals surface area contributed by atoms with Crippen LogP contribution in [0, 0.1) is 5.92 Å². The molecule has 1 rings (SSSR count). The van der Waals surface area contributed by atoms with E-state index in [0.717, 1.165) is 19.5 Å². The van der Waals surface area contributed by atoms with Gasteiger partial charge in [-0.25, -0.2) is 0 Å². The van der Waals surface area contributed by atoms with E-state index in [2.05, 4.69) is 24.2 Å². The van der Waals surface area contributed by atoms with Crippen molar-refractivity contribution in [2.75, 3.05) is 20.1 Å². The molecular formula is C11H22N2O2. The van der Waals surface area contributed by atoms with Crippen LogP contribution in [0.25, 0.3) is 0 Å². The van der Waals surface area contributed by atoms with Crippen molar-refractivity contribution in [1.82, 2.24) is 10.2 Å². The Hall–Kier alpha value is -0.610. The predicted octanol–water partition coefficient (Wildman–Crippen LogP) is 0.779. The first-order valence-corrected chi connectivity index (χ1v) is 5.65. The molecule has 0 spiro atoms. The minimum Gasteiger partial charge on any atom is -0.481 e. The first-order valence-electron chi connectivity index (χ1n) is 5.65. The summed E-state index contributed by atoms with van der Waals surface area (Å²) in [5, 5.41) is 12.1. The molecule has 1 aliphatic rings. The van der Waals surface area contributed by atoms with Crippen LogP contribution < -0.4 is 5.32 Å². The van der Waals surface area contributed by atoms with Gasteiger partial charge < -0.3 is 15.3 Å². The maximum Gasteiger partial charge on any atom is 0.304 e. The van der Waals surface area contributed by atoms with Crippen LogP contribution in [0.5, 0.6) is 0 Å². The lowest BCUT2D eigenvalue weighted by molar-refractivity contribution is -0.137. The molecule has 2 N–H and O–H groups in total. The summed E-state index contributed by atoms with van der Waals surface area (Å²) in [6.45, 7) is 6.36. The summed E-state index contributed by atoms with van der Waals surface area (Å²) < 4.78 is 0. The summed E-state index contributed by atoms with van der Waals surface area (Å²) >= 11 is 0. The molecule has 0 aliphatic carbocycles. The number of likely N-dealkylation sites (tertiary alicyclic amines) is 1. The van der Waals surface area contributed by atoms with Gasteiger partial charge in [0, 0.05) is 18.6 Å². The van der Waals surface area contributed by atoms with Gasteiger partial charge in [-0.2, -0.15) is 0 Å². The lowest BCUT2D eigenvalue weighted by Crippen LogP contribution is -2.49. The number of nitrogens with one attached hydrogen (secondary N) is 1. The van der Waals surface area contributed by atoms with Crippen LogP contribution in [-0.4, -0.2) is 48.2 Å². The highest BCUT2D eigenvalue weighted by molar-refractivity contribution is 5.67. The molecule has 0 amide bonds. The van der Waals surface area contributed by atoms with Gasteiger partial charge in [-0.15, -0.1) is 0 Å². The van der Waals surface area contributed by atoms with Crippen molar-refractivity contribution in [3.05, 3.63) is 0 Å². The third-order valence-corrected chi connectivity index (χ3v) is 3.09. The Morgan fingerprint density at radius 2 is 2.33 bits per heavy atom. The van der Waals surface area contributed by atoms with Gasteiger partial charge >= 0.3 is 5.97 Å². The molecule has 4 nitrogen and oxygen atoms in total. The molecular weight excluding hydrogens is 192 g/mol. The first-order chi connectivity index (χ1) is 6.99. The minimum absolute atomic E-state index is 0.0679. The summed E-state index contributed by atoms with van der Waals surface area (Å²) in [6.07, 6.45) is 1.32. The largest absolute Gasteiger partial charge is 0.481 e. The number of aliphatic carboxylic acids is 1. The van der Waals surface area contributed by atoms with Crippen LogP contribution in [-0.2, 0) is 4.79 Å². The Labute approximate surface area is 91.6 Å². The van der Waals surface area contributed by atoms with Crippen molar-refractivity contribution in [3.8, 4) is 0 Å². The SMILES string of the molecule is CC(CC(=O)O)NC1CCN(C)CC1C. The van der Waals surface area contributed by atoms with Gasteiger partial charge in [0.25, 0.3) is 0 Å². The van der Waals surface area contributed by atoms with Crippen LogP contribution in [0.3, 0.4) is 0 Å². The number of nitrogens with zero attached hydrogens (tertiary/aromatic N) is 1. The normalized spacial score (nSPS) is 30.1. The summed E-state index contributed by atoms with van der Waals surface area (Å²) in [6, 6.07) is 0.536. The van der Waals surface area contributed by atoms with Crippen molar-refractivity contribution < 1.29 is 9.90 Å². The number of rotatable bonds is 4. The average molecular weight is 214 g/mol. The predicted molar refractivity (Wildman–Crippen MR) is 59.9 cm³/mol. The number of carboxylic acid groups (broad SMARTS) is 1. The highest BCUT2D eigenvalue weighted by Gasteiger charge is 2.25. The van der Waals surface area contributed by atoms with E-state index in [1.807, 2.05) is 6.92 Å². The lowest BCUT2D eigenvalue weighted by Gasteiger charge is -2.36. The van der Waals surface area contributed by atoms with Crippen molar-refractivity contribution in [3.63, 3.8) is 0 Å². The van der Waals surface area contributed by atoms with Crippen molar-refractivity contribution in [2.24, 2.45) is 5.92 Å². The number of hydrogen-bond acceptors (Lipinski definition) is 3. The molecule has 0 aromatic carbocycles. The van der Waals surface area contributed by atoms with Gasteiger partial charge in [0.2, 0.25) is 0 Å². The second-order valence-corrected chi connectivity index (χ2v) is 4.80. The van der Waals surface area contributed by atoms with Crippen LogP contribution >= 0.6 is 0 Å². The van der Waals surface area contributed by atoms with Gasteiger partial charge in [-0.3, -0.25) is 4.79 Å². The minimum atomic E-state index is -0.726. The second-order valence-electron chi connectivity index (χ2n) is 4.80. The van der Waals surface area contributed by atoms with E-state index in [1.165, 1.54) is 0 Å². The zero-order valence-electron chi connectivity index (χ0n) is 9.86. The Morgan fingerprint density at radius 1 is 1.67 bits per heavy atom. The van der Waals surface area contributed by atoms with E-state index in [1.54, 1.807) is 0 Å². The van der Waals surface area contributed by atoms with Gasteiger partial charge in [0.05, 0.1) is 6.42 Å². The standard InChI is InChI=1S/C11H22N2O2/c1-8-7-13(3)5-4-10(8)12-9(2)6-11(14)15/h8-10,12H,4-7H2,1-3H3,(H,14,15). The number of hydrogen-bond donors (Lipinski definition) is 2. The fourth-order valence-electron chi connectivity index (χ4n) is 2.29. The molecule has 3 atom stereocenters. The topological polar surface area (TPSA) is 52.6 Å². The van der Waals surface area contributed by atoms with Gasteiger partial charge in [-0.05, 0) is 32.9 Å². The molecule has 4 heteroatoms. The summed E-state index contributed by atoms with van der Waals surface area (Å²) in [5.74, 6) is -0.129. The molecule has 3 unspecified atom stereocenters. The van der Waals surface area contributed by atoms with Crippen LogP contribution in [0.2, 0.25) is 0 Å². The van der Waals surface area contributed by atoms with E-state index in [4.69, 9.17) is 5.11 Å². The number of piperidine rings is 1. The quantitative estimate of drug-likeness (QED) is 0.726. The Morgan fingerprint density at radius 3 is 2.87 bits per heavy atom. The van der Waals surface area contributed by atoms with E-state index in [0.29, 0.717) is 12.0 Å². The molecule has 0 bridgehead atoms. The van der Waals surface area contributed by atoms with Gasteiger partial charge in [-0.1, -0.05) is 6.92 Å². The highest BCUT2D eigenvalue weighted by Crippen LogP contribution is 2.16. The monoisotopic (exact) mass is 214 g/mol. The summed E-state index contributed by atoms with van der Waals surface area (Å²) in [7, 11) is 2.13. The van der Waals surface area contributed by atoms with Crippen LogP contribution in [0.4, 0.5) is 0 Å². The maximum atomic E-state index is 10.5. The van der Waals surface area contributed by atoms with E-state index < -0.39 is 5.97 Å². The third kappa shape index (κ3) is 4.18. The van der Waals surface area contributed by atoms with E-state index in [9.17, 15) is 4.79 Å². The molecule has 0 saturated carbocycles. The Kier molecular flexibility index (Phi) is 4.54. The van der Waals surface area contributed by atoms with Crippen molar-refractivity contribution in [2.45, 2.75) is 38.8 Å². The molecule has 1 heterocycles. The Balaban J connectivity index is 2.34. The molecule has 1 saturated heterocycles. The summed E-state index contributed by atoms with van der Waals surface area (Å²) in [4.78, 5) is 12.9. The van der Waals surface area contributed by atoms with Crippen LogP contribution in [0.15, 0.2) is 0 Å². The van der Waals surface area contributed by atoms with E-state index in [-0.39, 0.29) is 12.5 Å². The van der Waals surface area contributed by atoms with Crippen molar-refractivity contribution in [1.29, 1.82) is 0 Å². The zero-order valence-corrected chi connectivity index (χ0v) is 9.86. The average Bonchev–Trinajstić information content (AvgIpc) is 2.08. The third-order valence-electron chi connectivity index (χ3n) is 3.09. The maximum absolute atomic E-state index is 10.5. The molecule has 0 aromatic rings. The van der Waals surface area contributed by atoms with Crippen LogP contribution in [0.1, 0.15) is 26.7 Å². The van der Waals surface area contributed by atoms with Crippen molar-refractivity contribution >= 4 is 5.97 Å². The molecule has 1 fully saturated rings. The fraction of sp³-hybridized carbons (Fsp3) is 0.909. The fourth-order valence-corrected chi connectivity index (χ4v) is 2.29. The Bertz CT molecular complexity index is 221. The number of carbonyl (C=O) groups is 1. The first kappa shape index (κ1) is 12.5. The summed E-state index contributed by atoms with van der Waals surface area (Å²) in [5.41, 5.74) is 0. The smallest absolute Gasteiger partial charge is 0.304 e. The highest BCUT2D eigenvalue weighted by atomic mass is 16.4. The van der Waals surface area contributed by atoms with Gasteiger partial charge in [0.1, 0.15) is 0 Å². The molecule has 88 valence electrons.